The minimum atomic E-state index is -0.399. The summed E-state index contributed by atoms with van der Waals surface area (Å²) in [6.07, 6.45) is 1.79. The molecule has 0 radical (unpaired) electrons. The first-order valence-electron chi connectivity index (χ1n) is 6.48. The van der Waals surface area contributed by atoms with Gasteiger partial charge in [0.25, 0.3) is 0 Å². The molecule has 6 heteroatoms. The van der Waals surface area contributed by atoms with Gasteiger partial charge in [-0.25, -0.2) is 0 Å². The van der Waals surface area contributed by atoms with E-state index in [2.05, 4.69) is 10.2 Å². The number of hydrogen-bond acceptors (Lipinski definition) is 5. The van der Waals surface area contributed by atoms with Crippen molar-refractivity contribution in [2.45, 2.75) is 12.8 Å². The minimum Gasteiger partial charge on any atom is -0.387 e. The summed E-state index contributed by atoms with van der Waals surface area (Å²) in [5.41, 5.74) is 0.953. The number of anilines is 1. The fraction of sp³-hybridized carbons (Fsp3) is 0.615. The van der Waals surface area contributed by atoms with Crippen LogP contribution in [0.1, 0.15) is 12.1 Å². The molecule has 1 aromatic rings. The average Bonchev–Trinajstić information content (AvgIpc) is 2.87. The highest BCUT2D eigenvalue weighted by atomic mass is 16.3. The number of likely N-dealkylation sites (tertiary alicyclic amines) is 1. The van der Waals surface area contributed by atoms with E-state index in [9.17, 15) is 4.79 Å². The highest BCUT2D eigenvalue weighted by molar-refractivity contribution is 5.77. The highest BCUT2D eigenvalue weighted by Gasteiger charge is 2.26. The van der Waals surface area contributed by atoms with Gasteiger partial charge in [-0.3, -0.25) is 4.79 Å². The van der Waals surface area contributed by atoms with Crippen LogP contribution in [0.25, 0.3) is 0 Å². The monoisotopic (exact) mass is 264 g/mol. The molecule has 1 unspecified atom stereocenters. The van der Waals surface area contributed by atoms with Crippen molar-refractivity contribution in [3.8, 4) is 0 Å². The molecule has 1 aliphatic heterocycles. The molecule has 104 valence electrons. The van der Waals surface area contributed by atoms with Crippen molar-refractivity contribution >= 4 is 11.7 Å². The van der Waals surface area contributed by atoms with Crippen molar-refractivity contribution in [2.75, 3.05) is 38.7 Å². The molecule has 1 amide bonds. The van der Waals surface area contributed by atoms with E-state index >= 15 is 0 Å². The van der Waals surface area contributed by atoms with Crippen LogP contribution in [0.15, 0.2) is 12.1 Å². The number of amides is 1. The van der Waals surface area contributed by atoms with Gasteiger partial charge >= 0.3 is 0 Å². The van der Waals surface area contributed by atoms with Crippen LogP contribution in [-0.2, 0) is 11.2 Å². The molecule has 0 saturated carbocycles. The first kappa shape index (κ1) is 13.7. The van der Waals surface area contributed by atoms with Crippen molar-refractivity contribution < 1.29 is 9.90 Å². The van der Waals surface area contributed by atoms with Gasteiger partial charge in [0, 0.05) is 27.2 Å². The molecule has 2 rings (SSSR count). The van der Waals surface area contributed by atoms with Gasteiger partial charge < -0.3 is 14.9 Å². The van der Waals surface area contributed by atoms with E-state index in [4.69, 9.17) is 5.11 Å². The molecule has 0 aromatic carbocycles. The molecular formula is C13H20N4O2. The van der Waals surface area contributed by atoms with E-state index in [0.29, 0.717) is 12.5 Å². The molecule has 1 aromatic heterocycles. The number of carbonyl (C=O) groups excluding carboxylic acids is 1. The number of aromatic nitrogens is 2. The lowest BCUT2D eigenvalue weighted by atomic mass is 10.0. The van der Waals surface area contributed by atoms with Gasteiger partial charge in [0.05, 0.1) is 5.69 Å². The number of nitrogens with zero attached hydrogens (tertiary/aromatic N) is 4. The molecule has 0 aliphatic carbocycles. The quantitative estimate of drug-likeness (QED) is 0.824. The van der Waals surface area contributed by atoms with Crippen LogP contribution in [0.3, 0.4) is 0 Å². The maximum atomic E-state index is 11.4. The number of carbonyl (C=O) groups is 1. The summed E-state index contributed by atoms with van der Waals surface area (Å²) >= 11 is 0. The van der Waals surface area contributed by atoms with Gasteiger partial charge in [-0.15, -0.1) is 5.10 Å². The zero-order chi connectivity index (χ0) is 13.8. The molecule has 0 spiro atoms. The van der Waals surface area contributed by atoms with Gasteiger partial charge in [-0.05, 0) is 30.9 Å². The van der Waals surface area contributed by atoms with Crippen LogP contribution < -0.4 is 4.90 Å². The molecule has 1 saturated heterocycles. The normalized spacial score (nSPS) is 18.7. The Hall–Kier alpha value is -1.69. The standard InChI is InChI=1S/C13H20N4O2/c1-16(2)12-4-3-11(14-15-12)7-10-5-6-17(8-10)13(19)9-18/h3-4,10,18H,5-9H2,1-2H3. The van der Waals surface area contributed by atoms with Crippen molar-refractivity contribution in [3.63, 3.8) is 0 Å². The largest absolute Gasteiger partial charge is 0.387 e. The molecule has 0 bridgehead atoms. The molecule has 19 heavy (non-hydrogen) atoms. The van der Waals surface area contributed by atoms with Gasteiger partial charge in [0.2, 0.25) is 5.91 Å². The lowest BCUT2D eigenvalue weighted by Gasteiger charge is -2.15. The van der Waals surface area contributed by atoms with Crippen LogP contribution in [0.5, 0.6) is 0 Å². The summed E-state index contributed by atoms with van der Waals surface area (Å²) in [5.74, 6) is 1.07. The van der Waals surface area contributed by atoms with Crippen molar-refractivity contribution in [3.05, 3.63) is 17.8 Å². The third-order valence-electron chi connectivity index (χ3n) is 3.44. The molecule has 2 heterocycles. The van der Waals surface area contributed by atoms with E-state index in [0.717, 1.165) is 30.9 Å². The zero-order valence-electron chi connectivity index (χ0n) is 11.4. The second-order valence-electron chi connectivity index (χ2n) is 5.13. The average molecular weight is 264 g/mol. The maximum Gasteiger partial charge on any atom is 0.248 e. The molecule has 1 fully saturated rings. The Labute approximate surface area is 113 Å². The van der Waals surface area contributed by atoms with E-state index in [1.54, 1.807) is 4.90 Å². The van der Waals surface area contributed by atoms with Gasteiger partial charge in [0.1, 0.15) is 6.61 Å². The van der Waals surface area contributed by atoms with Gasteiger partial charge in [0.15, 0.2) is 5.82 Å². The first-order valence-corrected chi connectivity index (χ1v) is 6.48. The number of hydrogen-bond donors (Lipinski definition) is 1. The molecule has 1 N–H and O–H groups in total. The molecular weight excluding hydrogens is 244 g/mol. The van der Waals surface area contributed by atoms with Crippen molar-refractivity contribution in [2.24, 2.45) is 5.92 Å². The Morgan fingerprint density at radius 1 is 1.47 bits per heavy atom. The molecule has 1 aliphatic rings. The van der Waals surface area contributed by atoms with Crippen LogP contribution in [0, 0.1) is 5.92 Å². The van der Waals surface area contributed by atoms with E-state index in [-0.39, 0.29) is 5.91 Å². The predicted octanol–water partition coefficient (Wildman–Crippen LogP) is -0.0741. The van der Waals surface area contributed by atoms with Crippen molar-refractivity contribution in [1.29, 1.82) is 0 Å². The minimum absolute atomic E-state index is 0.184. The Balaban J connectivity index is 1.90. The summed E-state index contributed by atoms with van der Waals surface area (Å²) in [7, 11) is 3.86. The Morgan fingerprint density at radius 2 is 2.26 bits per heavy atom. The van der Waals surface area contributed by atoms with Crippen LogP contribution in [0.2, 0.25) is 0 Å². The summed E-state index contributed by atoms with van der Waals surface area (Å²) in [4.78, 5) is 15.0. The van der Waals surface area contributed by atoms with Crippen molar-refractivity contribution in [1.82, 2.24) is 15.1 Å². The van der Waals surface area contributed by atoms with Crippen LogP contribution in [-0.4, -0.2) is 59.9 Å². The third-order valence-corrected chi connectivity index (χ3v) is 3.44. The zero-order valence-corrected chi connectivity index (χ0v) is 11.4. The van der Waals surface area contributed by atoms with E-state index in [1.165, 1.54) is 0 Å². The fourth-order valence-electron chi connectivity index (χ4n) is 2.32. The number of aliphatic hydroxyl groups excluding tert-OH is 1. The van der Waals surface area contributed by atoms with Gasteiger partial charge in [-0.1, -0.05) is 0 Å². The summed E-state index contributed by atoms with van der Waals surface area (Å²) in [6, 6.07) is 3.94. The summed E-state index contributed by atoms with van der Waals surface area (Å²) < 4.78 is 0. The predicted molar refractivity (Wildman–Crippen MR) is 71.8 cm³/mol. The lowest BCUT2D eigenvalue weighted by Crippen LogP contribution is -2.31. The summed E-state index contributed by atoms with van der Waals surface area (Å²) in [6.45, 7) is 1.04. The highest BCUT2D eigenvalue weighted by Crippen LogP contribution is 2.20. The number of rotatable bonds is 4. The first-order chi connectivity index (χ1) is 9.10. The third kappa shape index (κ3) is 3.41. The second kappa shape index (κ2) is 5.97. The van der Waals surface area contributed by atoms with Gasteiger partial charge in [-0.2, -0.15) is 5.10 Å². The van der Waals surface area contributed by atoms with Crippen LogP contribution in [0.4, 0.5) is 5.82 Å². The van der Waals surface area contributed by atoms with E-state index < -0.39 is 6.61 Å². The maximum absolute atomic E-state index is 11.4. The molecule has 6 nitrogen and oxygen atoms in total. The van der Waals surface area contributed by atoms with Crippen LogP contribution >= 0.6 is 0 Å². The van der Waals surface area contributed by atoms with E-state index in [1.807, 2.05) is 31.1 Å². The summed E-state index contributed by atoms with van der Waals surface area (Å²) in [5, 5.41) is 17.2. The Bertz CT molecular complexity index is 433. The Kier molecular flexibility index (Phi) is 4.31. The lowest BCUT2D eigenvalue weighted by molar-refractivity contribution is -0.133. The fourth-order valence-corrected chi connectivity index (χ4v) is 2.32. The smallest absolute Gasteiger partial charge is 0.248 e. The molecule has 1 atom stereocenters. The number of aliphatic hydroxyl groups is 1. The topological polar surface area (TPSA) is 69.6 Å². The second-order valence-corrected chi connectivity index (χ2v) is 5.13. The SMILES string of the molecule is CN(C)c1ccc(CC2CCN(C(=O)CO)C2)nn1. The Morgan fingerprint density at radius 3 is 2.84 bits per heavy atom.